The molecule has 0 spiro atoms. The van der Waals surface area contributed by atoms with Gasteiger partial charge in [0.25, 0.3) is 0 Å². The van der Waals surface area contributed by atoms with Crippen molar-refractivity contribution < 1.29 is 14.3 Å². The van der Waals surface area contributed by atoms with Crippen molar-refractivity contribution in [3.63, 3.8) is 0 Å². The van der Waals surface area contributed by atoms with Crippen LogP contribution in [0.25, 0.3) is 21.7 Å². The molecule has 0 saturated heterocycles. The van der Waals surface area contributed by atoms with E-state index in [2.05, 4.69) is 40.2 Å². The Morgan fingerprint density at radius 1 is 0.861 bits per heavy atom. The van der Waals surface area contributed by atoms with Crippen LogP contribution < -0.4 is 4.74 Å². The molecule has 0 amide bonds. The highest BCUT2D eigenvalue weighted by molar-refractivity contribution is 9.10. The van der Waals surface area contributed by atoms with Crippen LogP contribution in [0.5, 0.6) is 5.88 Å². The Kier molecular flexibility index (Phi) is 7.01. The Balaban J connectivity index is 1.83. The Bertz CT molecular complexity index is 1530. The summed E-state index contributed by atoms with van der Waals surface area (Å²) < 4.78 is 12.5. The summed E-state index contributed by atoms with van der Waals surface area (Å²) in [7, 11) is 1.62. The van der Waals surface area contributed by atoms with Crippen LogP contribution in [-0.2, 0) is 9.53 Å². The Morgan fingerprint density at radius 2 is 1.61 bits per heavy atom. The van der Waals surface area contributed by atoms with Crippen LogP contribution in [0.1, 0.15) is 35.4 Å². The van der Waals surface area contributed by atoms with Crippen molar-refractivity contribution in [2.75, 3.05) is 13.7 Å². The van der Waals surface area contributed by atoms with E-state index >= 15 is 0 Å². The highest BCUT2D eigenvalue weighted by Crippen LogP contribution is 2.45. The monoisotopic (exact) mass is 539 g/mol. The smallest absolute Gasteiger partial charge is 0.314 e. The maximum Gasteiger partial charge on any atom is 0.314 e. The number of nitrogens with zero attached hydrogens (tertiary/aromatic N) is 1. The number of hydrogen-bond donors (Lipinski definition) is 0. The van der Waals surface area contributed by atoms with Crippen molar-refractivity contribution in [1.82, 2.24) is 4.98 Å². The van der Waals surface area contributed by atoms with Gasteiger partial charge >= 0.3 is 5.97 Å². The summed E-state index contributed by atoms with van der Waals surface area (Å²) in [6.45, 7) is 2.13. The minimum absolute atomic E-state index is 0.279. The molecule has 5 rings (SSSR count). The molecule has 4 aromatic carbocycles. The first-order valence-electron chi connectivity index (χ1n) is 11.9. The third-order valence-electron chi connectivity index (χ3n) is 6.49. The van der Waals surface area contributed by atoms with Gasteiger partial charge in [-0.1, -0.05) is 88.7 Å². The number of fused-ring (bicyclic) bond motifs is 2. The molecule has 1 heterocycles. The number of esters is 1. The number of halogens is 1. The topological polar surface area (TPSA) is 48.4 Å². The van der Waals surface area contributed by atoms with Crippen LogP contribution in [0.3, 0.4) is 0 Å². The average molecular weight is 540 g/mol. The van der Waals surface area contributed by atoms with E-state index in [-0.39, 0.29) is 11.9 Å². The molecule has 0 saturated carbocycles. The van der Waals surface area contributed by atoms with E-state index < -0.39 is 5.92 Å². The zero-order valence-electron chi connectivity index (χ0n) is 20.1. The Morgan fingerprint density at radius 3 is 2.39 bits per heavy atom. The predicted octanol–water partition coefficient (Wildman–Crippen LogP) is 7.64. The number of aromatic nitrogens is 1. The second kappa shape index (κ2) is 10.5. The van der Waals surface area contributed by atoms with Gasteiger partial charge < -0.3 is 9.47 Å². The second-order valence-corrected chi connectivity index (χ2v) is 9.53. The van der Waals surface area contributed by atoms with E-state index in [1.165, 1.54) is 0 Å². The molecule has 0 aliphatic carbocycles. The summed E-state index contributed by atoms with van der Waals surface area (Å²) >= 11 is 3.58. The van der Waals surface area contributed by atoms with Crippen molar-refractivity contribution in [1.29, 1.82) is 0 Å². The minimum Gasteiger partial charge on any atom is -0.481 e. The van der Waals surface area contributed by atoms with Gasteiger partial charge in [-0.2, -0.15) is 0 Å². The van der Waals surface area contributed by atoms with Crippen LogP contribution in [0.2, 0.25) is 0 Å². The first kappa shape index (κ1) is 24.0. The first-order chi connectivity index (χ1) is 17.6. The lowest BCUT2D eigenvalue weighted by molar-refractivity contribution is -0.145. The summed E-state index contributed by atoms with van der Waals surface area (Å²) in [5.74, 6) is -0.784. The molecule has 5 heteroatoms. The lowest BCUT2D eigenvalue weighted by atomic mass is 9.76. The van der Waals surface area contributed by atoms with Gasteiger partial charge in [0.1, 0.15) is 0 Å². The highest BCUT2D eigenvalue weighted by Gasteiger charge is 2.37. The summed E-state index contributed by atoms with van der Waals surface area (Å²) in [4.78, 5) is 18.6. The van der Waals surface area contributed by atoms with Gasteiger partial charge in [-0.25, -0.2) is 4.98 Å². The molecular formula is C31H26BrNO3. The minimum atomic E-state index is -0.612. The number of carbonyl (C=O) groups is 1. The third kappa shape index (κ3) is 4.59. The van der Waals surface area contributed by atoms with Crippen LogP contribution in [0.15, 0.2) is 102 Å². The number of methoxy groups -OCH3 is 1. The zero-order chi connectivity index (χ0) is 25.1. The number of hydrogen-bond acceptors (Lipinski definition) is 4. The predicted molar refractivity (Wildman–Crippen MR) is 148 cm³/mol. The van der Waals surface area contributed by atoms with Crippen molar-refractivity contribution in [2.45, 2.75) is 18.8 Å². The normalized spacial score (nSPS) is 12.9. The molecule has 5 aromatic rings. The van der Waals surface area contributed by atoms with Crippen molar-refractivity contribution in [3.05, 3.63) is 118 Å². The van der Waals surface area contributed by atoms with E-state index in [1.54, 1.807) is 7.11 Å². The van der Waals surface area contributed by atoms with E-state index in [4.69, 9.17) is 14.5 Å². The summed E-state index contributed by atoms with van der Waals surface area (Å²) in [6, 6.07) is 32.3. The fourth-order valence-electron chi connectivity index (χ4n) is 4.94. The van der Waals surface area contributed by atoms with Gasteiger partial charge in [0.05, 0.1) is 25.2 Å². The van der Waals surface area contributed by atoms with Crippen LogP contribution in [0, 0.1) is 0 Å². The molecule has 36 heavy (non-hydrogen) atoms. The quantitative estimate of drug-likeness (QED) is 0.199. The number of rotatable bonds is 7. The molecule has 0 aliphatic heterocycles. The van der Waals surface area contributed by atoms with Gasteiger partial charge in [0.15, 0.2) is 0 Å². The summed E-state index contributed by atoms with van der Waals surface area (Å²) in [5.41, 5.74) is 3.55. The number of carbonyl (C=O) groups excluding carboxylic acids is 1. The fourth-order valence-corrected chi connectivity index (χ4v) is 5.32. The van der Waals surface area contributed by atoms with Crippen molar-refractivity contribution in [2.24, 2.45) is 0 Å². The SMILES string of the molecule is CCOC(=O)C(c1cccc2ccccc12)C(c1ccccc1)c1cc2cc(Br)ccc2nc1OC. The fraction of sp³-hybridized carbons (Fsp3) is 0.161. The second-order valence-electron chi connectivity index (χ2n) is 8.61. The molecule has 2 unspecified atom stereocenters. The van der Waals surface area contributed by atoms with Crippen molar-refractivity contribution >= 4 is 43.6 Å². The molecule has 0 bridgehead atoms. The maximum absolute atomic E-state index is 13.8. The number of ether oxygens (including phenoxy) is 2. The number of benzene rings is 4. The third-order valence-corrected chi connectivity index (χ3v) is 6.98. The molecule has 0 N–H and O–H groups in total. The van der Waals surface area contributed by atoms with E-state index in [9.17, 15) is 4.79 Å². The summed E-state index contributed by atoms with van der Waals surface area (Å²) in [6.07, 6.45) is 0. The van der Waals surface area contributed by atoms with Gasteiger partial charge in [-0.15, -0.1) is 0 Å². The standard InChI is InChI=1S/C31H26BrNO3/c1-3-36-31(34)29(25-15-9-13-20-10-7-8-14-24(20)25)28(21-11-5-4-6-12-21)26-19-22-18-23(32)16-17-27(22)33-30(26)35-2/h4-19,28-29H,3H2,1-2H3. The van der Waals surface area contributed by atoms with Crippen molar-refractivity contribution in [3.8, 4) is 5.88 Å². The lowest BCUT2D eigenvalue weighted by Gasteiger charge is -2.29. The highest BCUT2D eigenvalue weighted by atomic mass is 79.9. The Labute approximate surface area is 219 Å². The summed E-state index contributed by atoms with van der Waals surface area (Å²) in [5, 5.41) is 3.06. The van der Waals surface area contributed by atoms with E-state index in [0.717, 1.165) is 42.8 Å². The number of pyridine rings is 1. The molecule has 2 atom stereocenters. The largest absolute Gasteiger partial charge is 0.481 e. The molecular weight excluding hydrogens is 514 g/mol. The Hall–Kier alpha value is -3.70. The first-order valence-corrected chi connectivity index (χ1v) is 12.7. The molecule has 180 valence electrons. The molecule has 0 aliphatic rings. The van der Waals surface area contributed by atoms with Crippen LogP contribution in [0.4, 0.5) is 0 Å². The van der Waals surface area contributed by atoms with Gasteiger partial charge in [0, 0.05) is 21.3 Å². The lowest BCUT2D eigenvalue weighted by Crippen LogP contribution is -2.25. The van der Waals surface area contributed by atoms with Crippen LogP contribution >= 0.6 is 15.9 Å². The molecule has 0 fully saturated rings. The van der Waals surface area contributed by atoms with E-state index in [1.807, 2.05) is 79.7 Å². The zero-order valence-corrected chi connectivity index (χ0v) is 21.7. The maximum atomic E-state index is 13.8. The van der Waals surface area contributed by atoms with Gasteiger partial charge in [-0.3, -0.25) is 4.79 Å². The molecule has 1 aromatic heterocycles. The average Bonchev–Trinajstić information content (AvgIpc) is 2.91. The van der Waals surface area contributed by atoms with E-state index in [0.29, 0.717) is 12.5 Å². The molecule has 0 radical (unpaired) electrons. The van der Waals surface area contributed by atoms with Gasteiger partial charge in [-0.05, 0) is 53.1 Å². The van der Waals surface area contributed by atoms with Crippen LogP contribution in [-0.4, -0.2) is 24.7 Å². The molecule has 4 nitrogen and oxygen atoms in total. The van der Waals surface area contributed by atoms with Gasteiger partial charge in [0.2, 0.25) is 5.88 Å².